The smallest absolute Gasteiger partial charge is 0.309 e. The summed E-state index contributed by atoms with van der Waals surface area (Å²) < 4.78 is 4.86. The summed E-state index contributed by atoms with van der Waals surface area (Å²) in [4.78, 5) is 33.1. The average molecular weight is 313 g/mol. The molecule has 1 saturated carbocycles. The van der Waals surface area contributed by atoms with E-state index < -0.39 is 17.4 Å². The number of nitrogens with one attached hydrogen (secondary N) is 1. The predicted molar refractivity (Wildman–Crippen MR) is 75.0 cm³/mol. The summed E-state index contributed by atoms with van der Waals surface area (Å²) in [6.45, 7) is 1.51. The van der Waals surface area contributed by atoms with E-state index >= 15 is 0 Å². The van der Waals surface area contributed by atoms with E-state index in [1.54, 1.807) is 0 Å². The van der Waals surface area contributed by atoms with Gasteiger partial charge in [-0.2, -0.15) is 0 Å². The van der Waals surface area contributed by atoms with Crippen LogP contribution in [0.4, 0.5) is 11.4 Å². The Morgan fingerprint density at radius 2 is 2.19 bits per heavy atom. The number of nitro benzene ring substituents is 1. The first-order valence-corrected chi connectivity index (χ1v) is 6.66. The van der Waals surface area contributed by atoms with E-state index in [2.05, 4.69) is 5.32 Å². The lowest BCUT2D eigenvalue weighted by Crippen LogP contribution is -2.21. The Morgan fingerprint density at radius 3 is 2.76 bits per heavy atom. The molecular formula is C13H13ClN2O5. The van der Waals surface area contributed by atoms with Crippen LogP contribution in [-0.4, -0.2) is 23.4 Å². The lowest BCUT2D eigenvalue weighted by Gasteiger charge is -2.06. The number of esters is 1. The van der Waals surface area contributed by atoms with Crippen molar-refractivity contribution in [3.05, 3.63) is 33.3 Å². The fraction of sp³-hybridized carbons (Fsp3) is 0.385. The summed E-state index contributed by atoms with van der Waals surface area (Å²) in [5, 5.41) is 13.1. The van der Waals surface area contributed by atoms with Crippen LogP contribution in [-0.2, 0) is 14.3 Å². The van der Waals surface area contributed by atoms with Crippen molar-refractivity contribution in [3.8, 4) is 0 Å². The zero-order chi connectivity index (χ0) is 15.6. The van der Waals surface area contributed by atoms with Gasteiger partial charge in [-0.3, -0.25) is 19.7 Å². The Hall–Kier alpha value is -2.15. The molecule has 1 aromatic carbocycles. The molecule has 0 heterocycles. The third-order valence-electron chi connectivity index (χ3n) is 3.18. The molecule has 21 heavy (non-hydrogen) atoms. The van der Waals surface area contributed by atoms with E-state index in [1.807, 2.05) is 6.92 Å². The Kier molecular flexibility index (Phi) is 4.42. The molecule has 1 aliphatic rings. The molecule has 0 saturated heterocycles. The highest BCUT2D eigenvalue weighted by atomic mass is 35.5. The minimum absolute atomic E-state index is 0.0212. The van der Waals surface area contributed by atoms with Crippen LogP contribution in [0.1, 0.15) is 13.3 Å². The highest BCUT2D eigenvalue weighted by molar-refractivity contribution is 6.32. The number of benzene rings is 1. The molecule has 0 aromatic heterocycles. The summed E-state index contributed by atoms with van der Waals surface area (Å²) in [6, 6.07) is 3.89. The van der Waals surface area contributed by atoms with Crippen molar-refractivity contribution in [2.45, 2.75) is 13.3 Å². The van der Waals surface area contributed by atoms with Crippen LogP contribution in [0.3, 0.4) is 0 Å². The number of carbonyl (C=O) groups is 2. The quantitative estimate of drug-likeness (QED) is 0.511. The summed E-state index contributed by atoms with van der Waals surface area (Å²) in [7, 11) is 0. The number of nitro groups is 1. The number of ether oxygens (including phenoxy) is 1. The second-order valence-corrected chi connectivity index (χ2v) is 5.31. The zero-order valence-electron chi connectivity index (χ0n) is 11.2. The number of hydrogen-bond donors (Lipinski definition) is 1. The number of halogens is 1. The fourth-order valence-electron chi connectivity index (χ4n) is 1.82. The Bertz CT molecular complexity index is 604. The molecule has 1 fully saturated rings. The zero-order valence-corrected chi connectivity index (χ0v) is 11.9. The van der Waals surface area contributed by atoms with Crippen molar-refractivity contribution in [2.75, 3.05) is 11.9 Å². The number of anilines is 1. The molecule has 2 rings (SSSR count). The SMILES string of the molecule is C[C@H]1C[C@@H]1C(=O)OCC(=O)Nc1ccc(Cl)c([N+](=O)[O-])c1. The summed E-state index contributed by atoms with van der Waals surface area (Å²) in [5.74, 6) is -0.762. The van der Waals surface area contributed by atoms with Crippen LogP contribution < -0.4 is 5.32 Å². The second-order valence-electron chi connectivity index (χ2n) is 4.90. The lowest BCUT2D eigenvalue weighted by atomic mass is 10.3. The van der Waals surface area contributed by atoms with E-state index in [0.717, 1.165) is 12.5 Å². The molecular weight excluding hydrogens is 300 g/mol. The molecule has 0 radical (unpaired) electrons. The Labute approximate surface area is 125 Å². The van der Waals surface area contributed by atoms with Gasteiger partial charge in [-0.15, -0.1) is 0 Å². The van der Waals surface area contributed by atoms with Gasteiger partial charge in [0.25, 0.3) is 11.6 Å². The maximum Gasteiger partial charge on any atom is 0.309 e. The van der Waals surface area contributed by atoms with Gasteiger partial charge in [-0.05, 0) is 24.5 Å². The van der Waals surface area contributed by atoms with Gasteiger partial charge in [0.2, 0.25) is 0 Å². The fourth-order valence-corrected chi connectivity index (χ4v) is 2.01. The predicted octanol–water partition coefficient (Wildman–Crippen LogP) is 2.39. The molecule has 1 aliphatic carbocycles. The lowest BCUT2D eigenvalue weighted by molar-refractivity contribution is -0.384. The van der Waals surface area contributed by atoms with Gasteiger partial charge in [0.1, 0.15) is 5.02 Å². The van der Waals surface area contributed by atoms with Crippen molar-refractivity contribution in [3.63, 3.8) is 0 Å². The van der Waals surface area contributed by atoms with E-state index in [4.69, 9.17) is 16.3 Å². The standard InChI is InChI=1S/C13H13ClN2O5/c1-7-4-9(7)13(18)21-6-12(17)15-8-2-3-10(14)11(5-8)16(19)20/h2-3,5,7,9H,4,6H2,1H3,(H,15,17)/t7-,9-/m0/s1. The van der Waals surface area contributed by atoms with Gasteiger partial charge in [0, 0.05) is 11.8 Å². The first kappa shape index (κ1) is 15.2. The van der Waals surface area contributed by atoms with E-state index in [0.29, 0.717) is 5.92 Å². The maximum atomic E-state index is 11.6. The van der Waals surface area contributed by atoms with Crippen LogP contribution >= 0.6 is 11.6 Å². The minimum Gasteiger partial charge on any atom is -0.455 e. The Morgan fingerprint density at radius 1 is 1.52 bits per heavy atom. The number of amides is 1. The van der Waals surface area contributed by atoms with Crippen molar-refractivity contribution >= 4 is 34.9 Å². The number of hydrogen-bond acceptors (Lipinski definition) is 5. The van der Waals surface area contributed by atoms with Crippen LogP contribution in [0.25, 0.3) is 0 Å². The highest BCUT2D eigenvalue weighted by Gasteiger charge is 2.40. The molecule has 0 bridgehead atoms. The van der Waals surface area contributed by atoms with E-state index in [-0.39, 0.29) is 28.3 Å². The van der Waals surface area contributed by atoms with Gasteiger partial charge in [0.15, 0.2) is 6.61 Å². The van der Waals surface area contributed by atoms with E-state index in [1.165, 1.54) is 12.1 Å². The van der Waals surface area contributed by atoms with Crippen molar-refractivity contribution < 1.29 is 19.2 Å². The molecule has 112 valence electrons. The number of rotatable bonds is 5. The molecule has 0 spiro atoms. The minimum atomic E-state index is -0.646. The highest BCUT2D eigenvalue weighted by Crippen LogP contribution is 2.38. The molecule has 2 atom stereocenters. The summed E-state index contributed by atoms with van der Waals surface area (Å²) in [5.41, 5.74) is -0.0924. The van der Waals surface area contributed by atoms with Crippen molar-refractivity contribution in [1.82, 2.24) is 0 Å². The summed E-state index contributed by atoms with van der Waals surface area (Å²) in [6.07, 6.45) is 0.782. The molecule has 0 unspecified atom stereocenters. The normalized spacial score (nSPS) is 19.7. The second kappa shape index (κ2) is 6.09. The Balaban J connectivity index is 1.89. The largest absolute Gasteiger partial charge is 0.455 e. The average Bonchev–Trinajstić information content (AvgIpc) is 3.15. The molecule has 1 aromatic rings. The monoisotopic (exact) mass is 312 g/mol. The first-order valence-electron chi connectivity index (χ1n) is 6.29. The molecule has 1 N–H and O–H groups in total. The van der Waals surface area contributed by atoms with Crippen molar-refractivity contribution in [1.29, 1.82) is 0 Å². The van der Waals surface area contributed by atoms with Gasteiger partial charge in [0.05, 0.1) is 10.8 Å². The number of nitrogens with zero attached hydrogens (tertiary/aromatic N) is 1. The topological polar surface area (TPSA) is 98.5 Å². The number of carbonyl (C=O) groups excluding carboxylic acids is 2. The van der Waals surface area contributed by atoms with Crippen LogP contribution in [0.15, 0.2) is 18.2 Å². The van der Waals surface area contributed by atoms with Crippen LogP contribution in [0, 0.1) is 22.0 Å². The maximum absolute atomic E-state index is 11.6. The third kappa shape index (κ3) is 3.91. The molecule has 7 nitrogen and oxygen atoms in total. The molecule has 1 amide bonds. The van der Waals surface area contributed by atoms with Gasteiger partial charge >= 0.3 is 5.97 Å². The van der Waals surface area contributed by atoms with Crippen LogP contribution in [0.5, 0.6) is 0 Å². The van der Waals surface area contributed by atoms with E-state index in [9.17, 15) is 19.7 Å². The van der Waals surface area contributed by atoms with Crippen LogP contribution in [0.2, 0.25) is 5.02 Å². The molecule has 0 aliphatic heterocycles. The van der Waals surface area contributed by atoms with Crippen molar-refractivity contribution in [2.24, 2.45) is 11.8 Å². The van der Waals surface area contributed by atoms with Gasteiger partial charge in [-0.1, -0.05) is 18.5 Å². The van der Waals surface area contributed by atoms with Gasteiger partial charge < -0.3 is 10.1 Å². The third-order valence-corrected chi connectivity index (χ3v) is 3.50. The first-order chi connectivity index (χ1) is 9.88. The molecule has 8 heteroatoms. The van der Waals surface area contributed by atoms with Gasteiger partial charge in [-0.25, -0.2) is 0 Å². The summed E-state index contributed by atoms with van der Waals surface area (Å²) >= 11 is 5.66.